The van der Waals surface area contributed by atoms with Crippen molar-refractivity contribution in [2.75, 3.05) is 39.3 Å². The van der Waals surface area contributed by atoms with E-state index in [-0.39, 0.29) is 0 Å². The number of hydrogen-bond donors (Lipinski definition) is 1. The molecule has 0 spiro atoms. The first-order chi connectivity index (χ1) is 9.74. The second kappa shape index (κ2) is 8.35. The Bertz CT molecular complexity index is 269. The molecule has 0 bridgehead atoms. The van der Waals surface area contributed by atoms with Crippen LogP contribution in [0.15, 0.2) is 0 Å². The Morgan fingerprint density at radius 1 is 1.15 bits per heavy atom. The van der Waals surface area contributed by atoms with E-state index in [1.54, 1.807) is 0 Å². The van der Waals surface area contributed by atoms with E-state index in [2.05, 4.69) is 35.9 Å². The molecule has 0 amide bonds. The van der Waals surface area contributed by atoms with Gasteiger partial charge in [-0.25, -0.2) is 0 Å². The molecule has 1 aliphatic carbocycles. The molecule has 0 aromatic rings. The van der Waals surface area contributed by atoms with Crippen molar-refractivity contribution in [1.29, 1.82) is 0 Å². The van der Waals surface area contributed by atoms with Crippen LogP contribution in [0.3, 0.4) is 0 Å². The SMILES string of the molecule is CCCNC1CCCC1CCN1CCN(CC)C(C)C1. The molecule has 1 N–H and O–H groups in total. The minimum Gasteiger partial charge on any atom is -0.314 e. The fourth-order valence-corrected chi connectivity index (χ4v) is 4.07. The predicted octanol–water partition coefficient (Wildman–Crippen LogP) is 2.57. The Balaban J connectivity index is 1.69. The van der Waals surface area contributed by atoms with Gasteiger partial charge in [0.25, 0.3) is 0 Å². The second-order valence-corrected chi connectivity index (χ2v) is 6.82. The second-order valence-electron chi connectivity index (χ2n) is 6.82. The van der Waals surface area contributed by atoms with Crippen LogP contribution in [-0.4, -0.2) is 61.2 Å². The van der Waals surface area contributed by atoms with E-state index in [1.807, 2.05) is 0 Å². The summed E-state index contributed by atoms with van der Waals surface area (Å²) in [5, 5.41) is 3.77. The number of nitrogens with one attached hydrogen (secondary N) is 1. The zero-order chi connectivity index (χ0) is 14.4. The van der Waals surface area contributed by atoms with Gasteiger partial charge in [0.2, 0.25) is 0 Å². The fraction of sp³-hybridized carbons (Fsp3) is 1.00. The summed E-state index contributed by atoms with van der Waals surface area (Å²) >= 11 is 0. The molecular weight excluding hydrogens is 246 g/mol. The van der Waals surface area contributed by atoms with Crippen molar-refractivity contribution < 1.29 is 0 Å². The van der Waals surface area contributed by atoms with Gasteiger partial charge in [-0.05, 0) is 58.2 Å². The number of piperazine rings is 1. The van der Waals surface area contributed by atoms with Crippen LogP contribution in [0, 0.1) is 5.92 Å². The van der Waals surface area contributed by atoms with Crippen LogP contribution < -0.4 is 5.32 Å². The highest BCUT2D eigenvalue weighted by atomic mass is 15.3. The first kappa shape index (κ1) is 16.3. The summed E-state index contributed by atoms with van der Waals surface area (Å²) in [6.07, 6.45) is 6.96. The number of likely N-dealkylation sites (N-methyl/N-ethyl adjacent to an activating group) is 1. The van der Waals surface area contributed by atoms with Crippen LogP contribution in [0.5, 0.6) is 0 Å². The van der Waals surface area contributed by atoms with E-state index >= 15 is 0 Å². The van der Waals surface area contributed by atoms with Crippen molar-refractivity contribution in [3.63, 3.8) is 0 Å². The zero-order valence-corrected chi connectivity index (χ0v) is 13.9. The summed E-state index contributed by atoms with van der Waals surface area (Å²) in [4.78, 5) is 5.31. The van der Waals surface area contributed by atoms with Gasteiger partial charge in [-0.2, -0.15) is 0 Å². The molecule has 3 nitrogen and oxygen atoms in total. The molecule has 2 rings (SSSR count). The normalized spacial score (nSPS) is 32.9. The topological polar surface area (TPSA) is 18.5 Å². The average molecular weight is 281 g/mol. The highest BCUT2D eigenvalue weighted by Crippen LogP contribution is 2.28. The Labute approximate surface area is 126 Å². The van der Waals surface area contributed by atoms with Crippen LogP contribution in [0.2, 0.25) is 0 Å². The third kappa shape index (κ3) is 4.44. The van der Waals surface area contributed by atoms with Crippen LogP contribution >= 0.6 is 0 Å². The molecule has 2 fully saturated rings. The maximum absolute atomic E-state index is 3.77. The molecule has 3 heteroatoms. The minimum absolute atomic E-state index is 0.742. The highest BCUT2D eigenvalue weighted by Gasteiger charge is 2.28. The van der Waals surface area contributed by atoms with Crippen molar-refractivity contribution in [2.45, 2.75) is 65.0 Å². The summed E-state index contributed by atoms with van der Waals surface area (Å²) in [5.41, 5.74) is 0. The highest BCUT2D eigenvalue weighted by molar-refractivity contribution is 4.85. The van der Waals surface area contributed by atoms with Gasteiger partial charge in [0, 0.05) is 31.7 Å². The molecule has 0 radical (unpaired) electrons. The molecule has 0 aromatic heterocycles. The van der Waals surface area contributed by atoms with E-state index in [4.69, 9.17) is 0 Å². The minimum atomic E-state index is 0.742. The van der Waals surface area contributed by atoms with Crippen molar-refractivity contribution in [1.82, 2.24) is 15.1 Å². The van der Waals surface area contributed by atoms with Gasteiger partial charge >= 0.3 is 0 Å². The quantitative estimate of drug-likeness (QED) is 0.774. The van der Waals surface area contributed by atoms with E-state index < -0.39 is 0 Å². The van der Waals surface area contributed by atoms with Crippen molar-refractivity contribution in [3.8, 4) is 0 Å². The number of nitrogens with zero attached hydrogens (tertiary/aromatic N) is 2. The molecule has 3 unspecified atom stereocenters. The van der Waals surface area contributed by atoms with E-state index in [0.717, 1.165) is 18.0 Å². The molecule has 1 saturated carbocycles. The molecule has 0 aromatic carbocycles. The summed E-state index contributed by atoms with van der Waals surface area (Å²) in [6, 6.07) is 1.55. The molecular formula is C17H35N3. The first-order valence-corrected chi connectivity index (χ1v) is 8.94. The summed E-state index contributed by atoms with van der Waals surface area (Å²) in [7, 11) is 0. The Kier molecular flexibility index (Phi) is 6.79. The predicted molar refractivity (Wildman–Crippen MR) is 87.2 cm³/mol. The third-order valence-corrected chi connectivity index (χ3v) is 5.39. The molecule has 1 saturated heterocycles. The summed E-state index contributed by atoms with van der Waals surface area (Å²) < 4.78 is 0. The van der Waals surface area contributed by atoms with Crippen molar-refractivity contribution in [3.05, 3.63) is 0 Å². The van der Waals surface area contributed by atoms with Gasteiger partial charge in [0.05, 0.1) is 0 Å². The monoisotopic (exact) mass is 281 g/mol. The van der Waals surface area contributed by atoms with Crippen molar-refractivity contribution in [2.24, 2.45) is 5.92 Å². The molecule has 2 aliphatic rings. The van der Waals surface area contributed by atoms with Gasteiger partial charge < -0.3 is 10.2 Å². The van der Waals surface area contributed by atoms with Crippen LogP contribution in [0.1, 0.15) is 52.9 Å². The van der Waals surface area contributed by atoms with Crippen LogP contribution in [-0.2, 0) is 0 Å². The average Bonchev–Trinajstić information content (AvgIpc) is 2.90. The van der Waals surface area contributed by atoms with E-state index in [9.17, 15) is 0 Å². The standard InChI is InChI=1S/C17H35N3/c1-4-10-18-17-8-6-7-16(17)9-11-19-12-13-20(5-2)15(3)14-19/h15-18H,4-14H2,1-3H3. The third-order valence-electron chi connectivity index (χ3n) is 5.39. The molecule has 20 heavy (non-hydrogen) atoms. The van der Waals surface area contributed by atoms with Crippen LogP contribution in [0.4, 0.5) is 0 Å². The van der Waals surface area contributed by atoms with Gasteiger partial charge in [0.15, 0.2) is 0 Å². The Morgan fingerprint density at radius 3 is 2.70 bits per heavy atom. The lowest BCUT2D eigenvalue weighted by Gasteiger charge is -2.39. The lowest BCUT2D eigenvalue weighted by atomic mass is 9.98. The summed E-state index contributed by atoms with van der Waals surface area (Å²) in [5.74, 6) is 0.932. The van der Waals surface area contributed by atoms with Crippen molar-refractivity contribution >= 4 is 0 Å². The fourth-order valence-electron chi connectivity index (χ4n) is 4.07. The summed E-state index contributed by atoms with van der Waals surface area (Å²) in [6.45, 7) is 14.5. The lowest BCUT2D eigenvalue weighted by Crippen LogP contribution is -2.52. The molecule has 1 aliphatic heterocycles. The smallest absolute Gasteiger partial charge is 0.0195 e. The zero-order valence-electron chi connectivity index (χ0n) is 13.9. The van der Waals surface area contributed by atoms with E-state index in [0.29, 0.717) is 0 Å². The Morgan fingerprint density at radius 2 is 2.00 bits per heavy atom. The van der Waals surface area contributed by atoms with Gasteiger partial charge in [-0.15, -0.1) is 0 Å². The molecule has 1 heterocycles. The first-order valence-electron chi connectivity index (χ1n) is 8.94. The van der Waals surface area contributed by atoms with Crippen LogP contribution in [0.25, 0.3) is 0 Å². The van der Waals surface area contributed by atoms with Gasteiger partial charge in [0.1, 0.15) is 0 Å². The van der Waals surface area contributed by atoms with Gasteiger partial charge in [-0.1, -0.05) is 20.3 Å². The number of hydrogen-bond acceptors (Lipinski definition) is 3. The molecule has 3 atom stereocenters. The lowest BCUT2D eigenvalue weighted by molar-refractivity contribution is 0.0832. The van der Waals surface area contributed by atoms with E-state index in [1.165, 1.54) is 71.4 Å². The Hall–Kier alpha value is -0.120. The van der Waals surface area contributed by atoms with Gasteiger partial charge in [-0.3, -0.25) is 4.90 Å². The number of rotatable bonds is 7. The largest absolute Gasteiger partial charge is 0.314 e. The maximum Gasteiger partial charge on any atom is 0.0195 e. The maximum atomic E-state index is 3.77. The molecule has 118 valence electrons.